The van der Waals surface area contributed by atoms with Gasteiger partial charge in [0, 0.05) is 50.5 Å². The van der Waals surface area contributed by atoms with E-state index in [0.717, 1.165) is 13.0 Å². The number of imidazole rings is 1. The van der Waals surface area contributed by atoms with Gasteiger partial charge in [-0.2, -0.15) is 0 Å². The molecular formula is C29H34FN5O4. The average Bonchev–Trinajstić information content (AvgIpc) is 3.17. The highest BCUT2D eigenvalue weighted by atomic mass is 19.1. The fourth-order valence-corrected chi connectivity index (χ4v) is 5.64. The topological polar surface area (TPSA) is 83.6 Å². The summed E-state index contributed by atoms with van der Waals surface area (Å²) in [6.07, 6.45) is 8.68. The standard InChI is InChI=1S/C29H34FN5O4/c1-33-23-19-31-22-17-21(30)25(28-26(22)27(23)35(29(33)36)12-16-37-13-6-15-39-28)20-7-8-24(32-18-20)38-14-5-11-34-9-3-2-4-10-34/h7-8,17-19H,2-6,9-16H2,1H3. The number of likely N-dealkylation sites (tertiary alicyclic amines) is 1. The molecule has 2 aliphatic rings. The van der Waals surface area contributed by atoms with E-state index in [9.17, 15) is 4.79 Å². The lowest BCUT2D eigenvalue weighted by atomic mass is 10.0. The lowest BCUT2D eigenvalue weighted by Crippen LogP contribution is -2.31. The van der Waals surface area contributed by atoms with Gasteiger partial charge in [-0.1, -0.05) is 6.42 Å². The lowest BCUT2D eigenvalue weighted by molar-refractivity contribution is 0.113. The van der Waals surface area contributed by atoms with E-state index in [-0.39, 0.29) is 5.69 Å². The minimum atomic E-state index is -0.461. The van der Waals surface area contributed by atoms with Crippen molar-refractivity contribution in [3.05, 3.63) is 46.9 Å². The summed E-state index contributed by atoms with van der Waals surface area (Å²) in [5, 5.41) is 0.613. The molecule has 1 saturated heterocycles. The quantitative estimate of drug-likeness (QED) is 0.343. The van der Waals surface area contributed by atoms with Crippen LogP contribution in [0.2, 0.25) is 0 Å². The lowest BCUT2D eigenvalue weighted by Gasteiger charge is -2.26. The molecule has 206 valence electrons. The zero-order valence-corrected chi connectivity index (χ0v) is 22.3. The molecule has 0 aliphatic carbocycles. The molecule has 0 atom stereocenters. The van der Waals surface area contributed by atoms with Crippen LogP contribution in [0.1, 0.15) is 32.1 Å². The molecule has 39 heavy (non-hydrogen) atoms. The van der Waals surface area contributed by atoms with Crippen molar-refractivity contribution in [1.82, 2.24) is 24.0 Å². The molecule has 10 heteroatoms. The van der Waals surface area contributed by atoms with E-state index in [1.807, 2.05) is 0 Å². The number of aromatic nitrogens is 4. The number of hydrogen-bond donors (Lipinski definition) is 0. The summed E-state index contributed by atoms with van der Waals surface area (Å²) in [6.45, 7) is 5.55. The number of aryl methyl sites for hydroxylation is 1. The van der Waals surface area contributed by atoms with Crippen molar-refractivity contribution in [3.63, 3.8) is 0 Å². The monoisotopic (exact) mass is 535 g/mol. The van der Waals surface area contributed by atoms with Crippen LogP contribution >= 0.6 is 0 Å². The summed E-state index contributed by atoms with van der Waals surface area (Å²) in [5.74, 6) is 0.406. The molecule has 0 bridgehead atoms. The zero-order chi connectivity index (χ0) is 26.8. The van der Waals surface area contributed by atoms with Gasteiger partial charge in [-0.05, 0) is 38.4 Å². The minimum Gasteiger partial charge on any atom is -0.492 e. The van der Waals surface area contributed by atoms with Gasteiger partial charge in [0.05, 0.1) is 60.1 Å². The zero-order valence-electron chi connectivity index (χ0n) is 22.3. The Labute approximate surface area is 226 Å². The molecule has 0 N–H and O–H groups in total. The van der Waals surface area contributed by atoms with E-state index in [0.29, 0.717) is 84.1 Å². The second-order valence-corrected chi connectivity index (χ2v) is 10.2. The van der Waals surface area contributed by atoms with Crippen molar-refractivity contribution in [2.24, 2.45) is 7.05 Å². The van der Waals surface area contributed by atoms with E-state index < -0.39 is 5.82 Å². The molecule has 6 rings (SSSR count). The van der Waals surface area contributed by atoms with Crippen molar-refractivity contribution in [2.45, 2.75) is 38.6 Å². The van der Waals surface area contributed by atoms with E-state index >= 15 is 4.39 Å². The van der Waals surface area contributed by atoms with Crippen molar-refractivity contribution in [1.29, 1.82) is 0 Å². The molecule has 0 spiro atoms. The molecule has 0 unspecified atom stereocenters. The van der Waals surface area contributed by atoms with Gasteiger partial charge in [-0.25, -0.2) is 14.2 Å². The van der Waals surface area contributed by atoms with Gasteiger partial charge in [0.1, 0.15) is 11.6 Å². The summed E-state index contributed by atoms with van der Waals surface area (Å²) in [4.78, 5) is 24.5. The van der Waals surface area contributed by atoms with Gasteiger partial charge >= 0.3 is 5.69 Å². The number of halogens is 1. The number of hydrogen-bond acceptors (Lipinski definition) is 7. The number of rotatable bonds is 6. The smallest absolute Gasteiger partial charge is 0.328 e. The SMILES string of the molecule is Cn1c(=O)n2c3c4c(c(-c5ccc(OCCCN6CCCCC6)nc5)c(F)cc4ncc31)OCCCOCC2. The van der Waals surface area contributed by atoms with Gasteiger partial charge in [0.25, 0.3) is 0 Å². The molecule has 1 fully saturated rings. The van der Waals surface area contributed by atoms with Gasteiger partial charge in [0.15, 0.2) is 0 Å². The van der Waals surface area contributed by atoms with Gasteiger partial charge in [0.2, 0.25) is 5.88 Å². The fourth-order valence-electron chi connectivity index (χ4n) is 5.64. The second-order valence-electron chi connectivity index (χ2n) is 10.2. The molecule has 4 aromatic rings. The van der Waals surface area contributed by atoms with E-state index in [1.54, 1.807) is 40.7 Å². The third-order valence-corrected chi connectivity index (χ3v) is 7.65. The average molecular weight is 536 g/mol. The summed E-state index contributed by atoms with van der Waals surface area (Å²) in [7, 11) is 1.71. The summed E-state index contributed by atoms with van der Waals surface area (Å²) in [6, 6.07) is 4.97. The summed E-state index contributed by atoms with van der Waals surface area (Å²) >= 11 is 0. The largest absolute Gasteiger partial charge is 0.492 e. The van der Waals surface area contributed by atoms with Gasteiger partial charge in [-0.15, -0.1) is 0 Å². The Bertz CT molecular complexity index is 1530. The predicted molar refractivity (Wildman–Crippen MR) is 147 cm³/mol. The van der Waals surface area contributed by atoms with Crippen LogP contribution in [-0.2, 0) is 18.3 Å². The molecular weight excluding hydrogens is 501 g/mol. The summed E-state index contributed by atoms with van der Waals surface area (Å²) in [5.41, 5.74) is 2.43. The van der Waals surface area contributed by atoms with Crippen molar-refractivity contribution >= 4 is 21.9 Å². The second kappa shape index (κ2) is 11.3. The van der Waals surface area contributed by atoms with E-state index in [1.165, 1.54) is 38.4 Å². The third kappa shape index (κ3) is 5.10. The van der Waals surface area contributed by atoms with Gasteiger partial charge in [-0.3, -0.25) is 14.1 Å². The summed E-state index contributed by atoms with van der Waals surface area (Å²) < 4.78 is 36.8. The van der Waals surface area contributed by atoms with E-state index in [2.05, 4.69) is 14.9 Å². The maximum atomic E-state index is 15.7. The Morgan fingerprint density at radius 2 is 1.90 bits per heavy atom. The van der Waals surface area contributed by atoms with Crippen LogP contribution in [0.3, 0.4) is 0 Å². The molecule has 0 radical (unpaired) electrons. The fraction of sp³-hybridized carbons (Fsp3) is 0.483. The highest BCUT2D eigenvalue weighted by Gasteiger charge is 2.24. The predicted octanol–water partition coefficient (Wildman–Crippen LogP) is 4.14. The number of pyridine rings is 2. The first-order valence-corrected chi connectivity index (χ1v) is 13.8. The van der Waals surface area contributed by atoms with Crippen molar-refractivity contribution < 1.29 is 18.6 Å². The number of piperidine rings is 1. The Morgan fingerprint density at radius 3 is 2.72 bits per heavy atom. The van der Waals surface area contributed by atoms with Crippen molar-refractivity contribution in [2.75, 3.05) is 46.1 Å². The highest BCUT2D eigenvalue weighted by molar-refractivity contribution is 6.09. The molecule has 3 aromatic heterocycles. The van der Waals surface area contributed by atoms with Crippen LogP contribution in [0.15, 0.2) is 35.4 Å². The van der Waals surface area contributed by atoms with Crippen LogP contribution in [0.25, 0.3) is 33.1 Å². The number of nitrogens with zero attached hydrogens (tertiary/aromatic N) is 5. The molecule has 1 aromatic carbocycles. The number of benzene rings is 1. The Morgan fingerprint density at radius 1 is 1.03 bits per heavy atom. The first-order valence-electron chi connectivity index (χ1n) is 13.8. The first-order chi connectivity index (χ1) is 19.1. The Kier molecular flexibility index (Phi) is 7.47. The maximum absolute atomic E-state index is 15.7. The molecule has 2 aliphatic heterocycles. The van der Waals surface area contributed by atoms with Crippen molar-refractivity contribution in [3.8, 4) is 22.8 Å². The third-order valence-electron chi connectivity index (χ3n) is 7.65. The van der Waals surface area contributed by atoms with Crippen LogP contribution < -0.4 is 15.2 Å². The molecule has 0 amide bonds. The molecule has 5 heterocycles. The van der Waals surface area contributed by atoms with Crippen LogP contribution in [0.4, 0.5) is 4.39 Å². The van der Waals surface area contributed by atoms with Crippen LogP contribution in [0.5, 0.6) is 11.6 Å². The molecule has 0 saturated carbocycles. The van der Waals surface area contributed by atoms with Gasteiger partial charge < -0.3 is 19.1 Å². The van der Waals surface area contributed by atoms with E-state index in [4.69, 9.17) is 14.2 Å². The minimum absolute atomic E-state index is 0.178. The first kappa shape index (κ1) is 25.8. The number of ether oxygens (including phenoxy) is 3. The highest BCUT2D eigenvalue weighted by Crippen LogP contribution is 2.42. The van der Waals surface area contributed by atoms with Crippen LogP contribution in [-0.4, -0.2) is 70.1 Å². The normalized spacial score (nSPS) is 16.9. The maximum Gasteiger partial charge on any atom is 0.328 e. The van der Waals surface area contributed by atoms with Crippen LogP contribution in [0, 0.1) is 5.82 Å². The molecule has 9 nitrogen and oxygen atoms in total. The Hall–Kier alpha value is -3.50. The Balaban J connectivity index is 1.35.